The molecule has 1 heterocycles. The van der Waals surface area contributed by atoms with Crippen LogP contribution in [0.3, 0.4) is 0 Å². The summed E-state index contributed by atoms with van der Waals surface area (Å²) in [4.78, 5) is 24.9. The zero-order valence-corrected chi connectivity index (χ0v) is 15.6. The minimum atomic E-state index is -3.47. The molecule has 0 saturated carbocycles. The second-order valence-electron chi connectivity index (χ2n) is 5.32. The molecule has 25 heavy (non-hydrogen) atoms. The number of benzene rings is 1. The maximum Gasteiger partial charge on any atom is 0.241 e. The molecule has 1 N–H and O–H groups in total. The minimum Gasteiger partial charge on any atom is -0.376 e. The number of anilines is 1. The topological polar surface area (TPSA) is 86.8 Å². The molecule has 10 heteroatoms. The first-order chi connectivity index (χ1) is 11.8. The molecule has 136 valence electrons. The number of piperazine rings is 1. The number of carbonyl (C=O) groups is 2. The number of sulfonamides is 1. The number of amides is 1. The van der Waals surface area contributed by atoms with Crippen molar-refractivity contribution in [1.82, 2.24) is 9.21 Å². The molecule has 0 aliphatic carbocycles. The van der Waals surface area contributed by atoms with E-state index in [1.165, 1.54) is 16.4 Å². The summed E-state index contributed by atoms with van der Waals surface area (Å²) in [6.07, 6.45) is 0.619. The van der Waals surface area contributed by atoms with Crippen molar-refractivity contribution in [3.8, 4) is 0 Å². The van der Waals surface area contributed by atoms with Crippen molar-refractivity contribution in [2.75, 3.05) is 38.0 Å². The number of carbonyl (C=O) groups excluding carboxylic acids is 2. The summed E-state index contributed by atoms with van der Waals surface area (Å²) in [5, 5.41) is 4.29. The van der Waals surface area contributed by atoms with E-state index in [0.29, 0.717) is 17.5 Å². The Labute approximate surface area is 156 Å². The Kier molecular flexibility index (Phi) is 6.45. The number of aldehydes is 1. The summed E-state index contributed by atoms with van der Waals surface area (Å²) in [6, 6.07) is 2.90. The van der Waals surface area contributed by atoms with Crippen LogP contribution in [0.25, 0.3) is 0 Å². The third kappa shape index (κ3) is 4.72. The van der Waals surface area contributed by atoms with E-state index in [0.717, 1.165) is 5.41 Å². The van der Waals surface area contributed by atoms with Gasteiger partial charge in [-0.3, -0.25) is 9.59 Å². The lowest BCUT2D eigenvalue weighted by Crippen LogP contribution is -2.51. The molecule has 0 spiro atoms. The van der Waals surface area contributed by atoms with E-state index in [9.17, 15) is 18.0 Å². The number of hydrogen-bond donors (Lipinski definition) is 1. The van der Waals surface area contributed by atoms with Crippen LogP contribution in [0.5, 0.6) is 0 Å². The van der Waals surface area contributed by atoms with Gasteiger partial charge in [0.15, 0.2) is 6.29 Å². The van der Waals surface area contributed by atoms with Crippen molar-refractivity contribution in [1.29, 1.82) is 0 Å². The van der Waals surface area contributed by atoms with Crippen LogP contribution < -0.4 is 5.32 Å². The van der Waals surface area contributed by atoms with Gasteiger partial charge in [0.2, 0.25) is 15.9 Å². The van der Waals surface area contributed by atoms with Crippen molar-refractivity contribution < 1.29 is 18.0 Å². The van der Waals surface area contributed by atoms with Crippen molar-refractivity contribution >= 4 is 51.1 Å². The van der Waals surface area contributed by atoms with E-state index >= 15 is 0 Å². The molecular formula is C15H17Cl2N3O4S. The second-order valence-corrected chi connectivity index (χ2v) is 8.01. The van der Waals surface area contributed by atoms with E-state index in [4.69, 9.17) is 23.2 Å². The number of rotatable bonds is 6. The smallest absolute Gasteiger partial charge is 0.241 e. The number of nitrogens with one attached hydrogen (secondary N) is 1. The van der Waals surface area contributed by atoms with Crippen LogP contribution >= 0.6 is 23.2 Å². The standard InChI is InChI=1S/C15H17Cl2N3O4S/c1-2-25(23,24)20-5-3-19(4-6-20)15(22)9-18-14-8-13(17)12(16)7-11(14)10-21/h2,7-8,10,18H,1,3-6,9H2. The fourth-order valence-corrected chi connectivity index (χ4v) is 3.61. The first-order valence-corrected chi connectivity index (χ1v) is 9.63. The van der Waals surface area contributed by atoms with Gasteiger partial charge in [-0.25, -0.2) is 8.42 Å². The van der Waals surface area contributed by atoms with Gasteiger partial charge in [0.05, 0.1) is 16.6 Å². The Bertz CT molecular complexity index is 790. The Balaban J connectivity index is 1.95. The molecule has 0 radical (unpaired) electrons. The third-order valence-corrected chi connectivity index (χ3v) is 6.04. The van der Waals surface area contributed by atoms with Crippen LogP contribution in [0.2, 0.25) is 10.0 Å². The van der Waals surface area contributed by atoms with Gasteiger partial charge in [0.25, 0.3) is 0 Å². The van der Waals surface area contributed by atoms with E-state index in [1.807, 2.05) is 0 Å². The highest BCUT2D eigenvalue weighted by Crippen LogP contribution is 2.28. The molecule has 1 aromatic rings. The molecule has 0 aromatic heterocycles. The van der Waals surface area contributed by atoms with Crippen molar-refractivity contribution in [3.63, 3.8) is 0 Å². The molecule has 1 aromatic carbocycles. The highest BCUT2D eigenvalue weighted by molar-refractivity contribution is 7.92. The molecule has 1 saturated heterocycles. The van der Waals surface area contributed by atoms with Crippen molar-refractivity contribution in [2.45, 2.75) is 0 Å². The van der Waals surface area contributed by atoms with Gasteiger partial charge >= 0.3 is 0 Å². The molecule has 0 atom stereocenters. The largest absolute Gasteiger partial charge is 0.376 e. The summed E-state index contributed by atoms with van der Waals surface area (Å²) in [6.45, 7) is 4.24. The van der Waals surface area contributed by atoms with Gasteiger partial charge in [0.1, 0.15) is 0 Å². The van der Waals surface area contributed by atoms with Crippen LogP contribution in [-0.2, 0) is 14.8 Å². The fraction of sp³-hybridized carbons (Fsp3) is 0.333. The third-order valence-electron chi connectivity index (χ3n) is 3.81. The number of nitrogens with zero attached hydrogens (tertiary/aromatic N) is 2. The van der Waals surface area contributed by atoms with E-state index in [1.54, 1.807) is 4.90 Å². The zero-order chi connectivity index (χ0) is 18.6. The molecule has 1 aliphatic rings. The molecule has 2 rings (SSSR count). The first kappa shape index (κ1) is 19.7. The quantitative estimate of drug-likeness (QED) is 0.729. The number of halogens is 2. The van der Waals surface area contributed by atoms with E-state index in [-0.39, 0.29) is 48.7 Å². The lowest BCUT2D eigenvalue weighted by atomic mass is 10.2. The highest BCUT2D eigenvalue weighted by Gasteiger charge is 2.26. The maximum absolute atomic E-state index is 12.3. The van der Waals surface area contributed by atoms with E-state index in [2.05, 4.69) is 11.9 Å². The summed E-state index contributed by atoms with van der Waals surface area (Å²) in [5.74, 6) is -0.210. The summed E-state index contributed by atoms with van der Waals surface area (Å²) in [7, 11) is -3.47. The Morgan fingerprint density at radius 2 is 1.80 bits per heavy atom. The molecule has 1 fully saturated rings. The average molecular weight is 406 g/mol. The first-order valence-electron chi connectivity index (χ1n) is 7.37. The second kappa shape index (κ2) is 8.18. The van der Waals surface area contributed by atoms with Crippen LogP contribution in [0.1, 0.15) is 10.4 Å². The van der Waals surface area contributed by atoms with Gasteiger partial charge in [0, 0.05) is 42.8 Å². The molecule has 1 aliphatic heterocycles. The predicted octanol–water partition coefficient (Wildman–Crippen LogP) is 1.84. The lowest BCUT2D eigenvalue weighted by molar-refractivity contribution is -0.130. The highest BCUT2D eigenvalue weighted by atomic mass is 35.5. The monoisotopic (exact) mass is 405 g/mol. The van der Waals surface area contributed by atoms with Gasteiger partial charge in [-0.15, -0.1) is 0 Å². The lowest BCUT2D eigenvalue weighted by Gasteiger charge is -2.33. The van der Waals surface area contributed by atoms with Crippen LogP contribution in [0, 0.1) is 0 Å². The Morgan fingerprint density at radius 3 is 2.36 bits per heavy atom. The van der Waals surface area contributed by atoms with E-state index < -0.39 is 10.0 Å². The van der Waals surface area contributed by atoms with Crippen LogP contribution in [-0.4, -0.2) is 62.5 Å². The average Bonchev–Trinajstić information content (AvgIpc) is 2.62. The normalized spacial score (nSPS) is 15.7. The minimum absolute atomic E-state index is 0.0486. The fourth-order valence-electron chi connectivity index (χ4n) is 2.39. The van der Waals surface area contributed by atoms with Crippen LogP contribution in [0.4, 0.5) is 5.69 Å². The SMILES string of the molecule is C=CS(=O)(=O)N1CCN(C(=O)CNc2cc(Cl)c(Cl)cc2C=O)CC1. The van der Waals surface area contributed by atoms with Gasteiger partial charge in [-0.2, -0.15) is 4.31 Å². The summed E-state index contributed by atoms with van der Waals surface area (Å²) >= 11 is 11.8. The van der Waals surface area contributed by atoms with Gasteiger partial charge in [-0.1, -0.05) is 29.8 Å². The van der Waals surface area contributed by atoms with Crippen molar-refractivity contribution in [3.05, 3.63) is 39.7 Å². The molecule has 0 unspecified atom stereocenters. The summed E-state index contributed by atoms with van der Waals surface area (Å²) < 4.78 is 24.7. The Hall–Kier alpha value is -1.61. The predicted molar refractivity (Wildman–Crippen MR) is 97.6 cm³/mol. The van der Waals surface area contributed by atoms with Gasteiger partial charge < -0.3 is 10.2 Å². The molecular weight excluding hydrogens is 389 g/mol. The molecule has 1 amide bonds. The zero-order valence-electron chi connectivity index (χ0n) is 13.2. The van der Waals surface area contributed by atoms with Crippen LogP contribution in [0.15, 0.2) is 24.1 Å². The van der Waals surface area contributed by atoms with Crippen molar-refractivity contribution in [2.24, 2.45) is 0 Å². The van der Waals surface area contributed by atoms with Gasteiger partial charge in [-0.05, 0) is 12.1 Å². The maximum atomic E-state index is 12.3. The molecule has 0 bridgehead atoms. The Morgan fingerprint density at radius 1 is 1.20 bits per heavy atom. The molecule has 7 nitrogen and oxygen atoms in total. The summed E-state index contributed by atoms with van der Waals surface area (Å²) in [5.41, 5.74) is 0.703. The number of hydrogen-bond acceptors (Lipinski definition) is 5.